The van der Waals surface area contributed by atoms with Gasteiger partial charge in [0.25, 0.3) is 0 Å². The third-order valence-corrected chi connectivity index (χ3v) is 5.36. The Hall–Kier alpha value is -3.01. The normalized spacial score (nSPS) is 16.7. The van der Waals surface area contributed by atoms with Gasteiger partial charge in [0.15, 0.2) is 0 Å². The number of halogens is 3. The molecule has 2 aromatic rings. The van der Waals surface area contributed by atoms with E-state index in [4.69, 9.17) is 4.42 Å². The third kappa shape index (κ3) is 5.61. The van der Waals surface area contributed by atoms with Crippen molar-refractivity contribution in [3.63, 3.8) is 0 Å². The molecule has 2 atom stereocenters. The van der Waals surface area contributed by atoms with Crippen molar-refractivity contribution in [2.24, 2.45) is 5.92 Å². The predicted molar refractivity (Wildman–Crippen MR) is 111 cm³/mol. The summed E-state index contributed by atoms with van der Waals surface area (Å²) in [4.78, 5) is 23.9. The summed E-state index contributed by atoms with van der Waals surface area (Å²) in [6.07, 6.45) is -3.97. The van der Waals surface area contributed by atoms with Crippen LogP contribution in [0.4, 0.5) is 23.7 Å². The monoisotopic (exact) mass is 453 g/mol. The summed E-state index contributed by atoms with van der Waals surface area (Å²) in [7, 11) is 0. The molecule has 0 aliphatic heterocycles. The smallest absolute Gasteiger partial charge is 0.424 e. The van der Waals surface area contributed by atoms with Crippen LogP contribution in [0.5, 0.6) is 0 Å². The van der Waals surface area contributed by atoms with E-state index in [2.05, 4.69) is 16.0 Å². The minimum Gasteiger partial charge on any atom is -0.463 e. The van der Waals surface area contributed by atoms with Crippen molar-refractivity contribution in [3.8, 4) is 0 Å². The van der Waals surface area contributed by atoms with Crippen molar-refractivity contribution in [2.75, 3.05) is 11.9 Å². The quantitative estimate of drug-likeness (QED) is 0.482. The highest BCUT2D eigenvalue weighted by molar-refractivity contribution is 5.94. The Morgan fingerprint density at radius 2 is 1.81 bits per heavy atom. The molecule has 0 spiro atoms. The molecule has 0 saturated heterocycles. The van der Waals surface area contributed by atoms with Gasteiger partial charge in [-0.1, -0.05) is 12.1 Å². The van der Waals surface area contributed by atoms with E-state index in [-0.39, 0.29) is 17.6 Å². The molecule has 4 N–H and O–H groups in total. The molecule has 0 radical (unpaired) electrons. The number of hydrogen-bond acceptors (Lipinski definition) is 4. The average Bonchev–Trinajstić information content (AvgIpc) is 3.48. The minimum absolute atomic E-state index is 0.00757. The maximum atomic E-state index is 13.4. The molecule has 1 aliphatic rings. The second kappa shape index (κ2) is 9.23. The molecular formula is C22H26F3N3O4. The Balaban J connectivity index is 1.50. The molecule has 1 aliphatic carbocycles. The Bertz CT molecular complexity index is 954. The zero-order valence-corrected chi connectivity index (χ0v) is 17.8. The lowest BCUT2D eigenvalue weighted by molar-refractivity contribution is -0.274. The van der Waals surface area contributed by atoms with Crippen LogP contribution < -0.4 is 16.0 Å². The highest BCUT2D eigenvalue weighted by Gasteiger charge is 2.56. The van der Waals surface area contributed by atoms with Crippen molar-refractivity contribution in [1.29, 1.82) is 0 Å². The number of rotatable bonds is 8. The first kappa shape index (κ1) is 23.6. The number of carbonyl (C=O) groups is 2. The zero-order chi connectivity index (χ0) is 23.5. The fourth-order valence-corrected chi connectivity index (χ4v) is 3.19. The van der Waals surface area contributed by atoms with Crippen LogP contribution in [0, 0.1) is 12.8 Å². The van der Waals surface area contributed by atoms with E-state index in [1.165, 1.54) is 13.0 Å². The van der Waals surface area contributed by atoms with Crippen LogP contribution in [-0.4, -0.2) is 29.8 Å². The van der Waals surface area contributed by atoms with Gasteiger partial charge < -0.3 is 25.5 Å². The van der Waals surface area contributed by atoms with E-state index in [9.17, 15) is 27.9 Å². The van der Waals surface area contributed by atoms with E-state index in [1.807, 2.05) is 0 Å². The van der Waals surface area contributed by atoms with E-state index >= 15 is 0 Å². The maximum Gasteiger partial charge on any atom is 0.424 e. The number of nitrogens with one attached hydrogen (secondary N) is 3. The van der Waals surface area contributed by atoms with Gasteiger partial charge in [0, 0.05) is 24.6 Å². The fourth-order valence-electron chi connectivity index (χ4n) is 3.19. The summed E-state index contributed by atoms with van der Waals surface area (Å²) < 4.78 is 45.3. The van der Waals surface area contributed by atoms with Crippen molar-refractivity contribution in [3.05, 3.63) is 53.5 Å². The molecular weight excluding hydrogens is 427 g/mol. The predicted octanol–water partition coefficient (Wildman–Crippen LogP) is 4.14. The standard InChI is InChI=1S/C22H26F3N3O4/c1-13-3-10-18(32-13)21(31,22(23,24)25)11-12-26-20(30)27-14(2)15-6-8-17(9-7-15)28-19(29)16-4-5-16/h3,6-10,14,16,31H,4-5,11-12H2,1-2H3,(H,28,29)(H2,26,27,30)/t14-,21-/m1/s1. The summed E-state index contributed by atoms with van der Waals surface area (Å²) in [5.74, 6) is -0.301. The van der Waals surface area contributed by atoms with Gasteiger partial charge in [0.1, 0.15) is 11.5 Å². The number of anilines is 1. The highest BCUT2D eigenvalue weighted by Crippen LogP contribution is 2.42. The molecule has 10 heteroatoms. The largest absolute Gasteiger partial charge is 0.463 e. The van der Waals surface area contributed by atoms with Crippen molar-refractivity contribution >= 4 is 17.6 Å². The lowest BCUT2D eigenvalue weighted by Crippen LogP contribution is -2.46. The van der Waals surface area contributed by atoms with Gasteiger partial charge in [0.2, 0.25) is 11.5 Å². The number of aliphatic hydroxyl groups is 1. The first-order chi connectivity index (χ1) is 15.0. The highest BCUT2D eigenvalue weighted by atomic mass is 19.4. The molecule has 1 saturated carbocycles. The molecule has 3 amide bonds. The Morgan fingerprint density at radius 1 is 1.16 bits per heavy atom. The SMILES string of the molecule is Cc1ccc([C@](O)(CCNC(=O)N[C@H](C)c2ccc(NC(=O)C3CC3)cc2)C(F)(F)F)o1. The molecule has 7 nitrogen and oxygen atoms in total. The maximum absolute atomic E-state index is 13.4. The lowest BCUT2D eigenvalue weighted by atomic mass is 9.96. The molecule has 3 rings (SSSR count). The van der Waals surface area contributed by atoms with E-state index in [0.29, 0.717) is 5.69 Å². The van der Waals surface area contributed by atoms with E-state index in [1.54, 1.807) is 31.2 Å². The second-order valence-electron chi connectivity index (χ2n) is 8.03. The number of hydrogen-bond donors (Lipinski definition) is 4. The van der Waals surface area contributed by atoms with Gasteiger partial charge in [-0.05, 0) is 56.5 Å². The topological polar surface area (TPSA) is 104 Å². The molecule has 1 aromatic carbocycles. The number of benzene rings is 1. The van der Waals surface area contributed by atoms with Gasteiger partial charge in [-0.3, -0.25) is 4.79 Å². The van der Waals surface area contributed by atoms with E-state index < -0.39 is 42.6 Å². The van der Waals surface area contributed by atoms with Crippen LogP contribution in [0.2, 0.25) is 0 Å². The Morgan fingerprint density at radius 3 is 2.34 bits per heavy atom. The average molecular weight is 453 g/mol. The van der Waals surface area contributed by atoms with Crippen molar-refractivity contribution < 1.29 is 32.3 Å². The minimum atomic E-state index is -4.97. The van der Waals surface area contributed by atoms with Gasteiger partial charge in [-0.25, -0.2) is 4.79 Å². The fraction of sp³-hybridized carbons (Fsp3) is 0.455. The van der Waals surface area contributed by atoms with Crippen molar-refractivity contribution in [1.82, 2.24) is 10.6 Å². The van der Waals surface area contributed by atoms with Crippen LogP contribution in [0.3, 0.4) is 0 Å². The first-order valence-corrected chi connectivity index (χ1v) is 10.3. The summed E-state index contributed by atoms with van der Waals surface area (Å²) in [6, 6.07) is 8.23. The number of aryl methyl sites for hydroxylation is 1. The number of alkyl halides is 3. The molecule has 174 valence electrons. The number of urea groups is 1. The lowest BCUT2D eigenvalue weighted by Gasteiger charge is -2.28. The summed E-state index contributed by atoms with van der Waals surface area (Å²) >= 11 is 0. The van der Waals surface area contributed by atoms with Crippen LogP contribution in [0.1, 0.15) is 49.3 Å². The molecule has 1 aromatic heterocycles. The molecule has 0 bridgehead atoms. The number of furan rings is 1. The molecule has 1 fully saturated rings. The summed E-state index contributed by atoms with van der Waals surface area (Å²) in [5.41, 5.74) is -1.80. The first-order valence-electron chi connectivity index (χ1n) is 10.3. The number of carbonyl (C=O) groups excluding carboxylic acids is 2. The van der Waals surface area contributed by atoms with Crippen LogP contribution in [0.25, 0.3) is 0 Å². The molecule has 0 unspecified atom stereocenters. The molecule has 1 heterocycles. The van der Waals surface area contributed by atoms with E-state index in [0.717, 1.165) is 24.5 Å². The van der Waals surface area contributed by atoms with Gasteiger partial charge in [-0.2, -0.15) is 13.2 Å². The zero-order valence-electron chi connectivity index (χ0n) is 17.8. The third-order valence-electron chi connectivity index (χ3n) is 5.36. The van der Waals surface area contributed by atoms with Crippen LogP contribution in [-0.2, 0) is 10.4 Å². The number of amides is 3. The van der Waals surface area contributed by atoms with Gasteiger partial charge in [0.05, 0.1) is 6.04 Å². The van der Waals surface area contributed by atoms with Crippen LogP contribution >= 0.6 is 0 Å². The Kier molecular flexibility index (Phi) is 6.82. The Labute approximate surface area is 183 Å². The molecule has 32 heavy (non-hydrogen) atoms. The van der Waals surface area contributed by atoms with Crippen molar-refractivity contribution in [2.45, 2.75) is 50.9 Å². The van der Waals surface area contributed by atoms with Gasteiger partial charge in [-0.15, -0.1) is 0 Å². The van der Waals surface area contributed by atoms with Crippen LogP contribution in [0.15, 0.2) is 40.8 Å². The summed E-state index contributed by atoms with van der Waals surface area (Å²) in [6.45, 7) is 2.76. The second-order valence-corrected chi connectivity index (χ2v) is 8.03. The van der Waals surface area contributed by atoms with Gasteiger partial charge >= 0.3 is 12.2 Å². The summed E-state index contributed by atoms with van der Waals surface area (Å²) in [5, 5.41) is 18.0.